The molecule has 1 amide bonds. The number of fused-ring (bicyclic) bond motifs is 1. The van der Waals surface area contributed by atoms with Crippen molar-refractivity contribution in [2.24, 2.45) is 0 Å². The van der Waals surface area contributed by atoms with E-state index in [0.29, 0.717) is 11.9 Å². The van der Waals surface area contributed by atoms with Gasteiger partial charge in [0.15, 0.2) is 0 Å². The van der Waals surface area contributed by atoms with E-state index in [1.807, 2.05) is 18.2 Å². The monoisotopic (exact) mass is 201 g/mol. The van der Waals surface area contributed by atoms with Crippen LogP contribution in [0.2, 0.25) is 0 Å². The van der Waals surface area contributed by atoms with Crippen LogP contribution in [-0.4, -0.2) is 23.4 Å². The second-order valence-electron chi connectivity index (χ2n) is 4.48. The molecule has 78 valence electrons. The van der Waals surface area contributed by atoms with Crippen molar-refractivity contribution in [3.05, 3.63) is 35.9 Å². The molecule has 1 aromatic rings. The first-order chi connectivity index (χ1) is 7.38. The molecule has 0 aliphatic carbocycles. The second kappa shape index (κ2) is 3.37. The number of hydrogen-bond acceptors (Lipinski definition) is 1. The number of nitrogens with zero attached hydrogens (tertiary/aromatic N) is 1. The molecule has 0 bridgehead atoms. The van der Waals surface area contributed by atoms with Crippen LogP contribution in [0.15, 0.2) is 30.3 Å². The van der Waals surface area contributed by atoms with E-state index < -0.39 is 0 Å². The maximum atomic E-state index is 11.9. The lowest BCUT2D eigenvalue weighted by atomic mass is 9.77. The highest BCUT2D eigenvalue weighted by molar-refractivity contribution is 5.91. The molecule has 1 aromatic carbocycles. The minimum atomic E-state index is 0.159. The van der Waals surface area contributed by atoms with E-state index in [2.05, 4.69) is 17.0 Å². The van der Waals surface area contributed by atoms with E-state index in [1.165, 1.54) is 24.8 Å². The highest BCUT2D eigenvalue weighted by Gasteiger charge is 2.48. The summed E-state index contributed by atoms with van der Waals surface area (Å²) in [6, 6.07) is 10.7. The maximum Gasteiger partial charge on any atom is 0.232 e. The van der Waals surface area contributed by atoms with Gasteiger partial charge in [-0.2, -0.15) is 0 Å². The van der Waals surface area contributed by atoms with Gasteiger partial charge in [0.2, 0.25) is 5.91 Å². The summed E-state index contributed by atoms with van der Waals surface area (Å²) in [5.74, 6) is 0.498. The Labute approximate surface area is 89.9 Å². The lowest BCUT2D eigenvalue weighted by molar-refractivity contribution is -0.152. The van der Waals surface area contributed by atoms with Crippen molar-refractivity contribution in [1.82, 2.24) is 4.90 Å². The zero-order valence-corrected chi connectivity index (χ0v) is 8.73. The molecular weight excluding hydrogens is 186 g/mol. The Morgan fingerprint density at radius 3 is 2.73 bits per heavy atom. The number of carbonyl (C=O) groups is 1. The Balaban J connectivity index is 1.86. The fourth-order valence-electron chi connectivity index (χ4n) is 2.86. The van der Waals surface area contributed by atoms with Crippen LogP contribution in [0.3, 0.4) is 0 Å². The van der Waals surface area contributed by atoms with Gasteiger partial charge >= 0.3 is 0 Å². The highest BCUT2D eigenvalue weighted by atomic mass is 16.2. The van der Waals surface area contributed by atoms with Gasteiger partial charge in [0.25, 0.3) is 0 Å². The van der Waals surface area contributed by atoms with Crippen LogP contribution in [-0.2, 0) is 4.79 Å². The molecule has 2 aliphatic heterocycles. The van der Waals surface area contributed by atoms with Gasteiger partial charge in [0.1, 0.15) is 0 Å². The minimum absolute atomic E-state index is 0.159. The molecule has 0 radical (unpaired) electrons. The largest absolute Gasteiger partial charge is 0.338 e. The summed E-state index contributed by atoms with van der Waals surface area (Å²) in [6.07, 6.45) is 3.65. The molecule has 0 unspecified atom stereocenters. The Kier molecular flexibility index (Phi) is 2.01. The molecule has 0 N–H and O–H groups in total. The van der Waals surface area contributed by atoms with E-state index in [-0.39, 0.29) is 5.92 Å². The highest BCUT2D eigenvalue weighted by Crippen LogP contribution is 2.40. The predicted octanol–water partition coefficient (Wildman–Crippen LogP) is 2.16. The predicted molar refractivity (Wildman–Crippen MR) is 58.5 cm³/mol. The van der Waals surface area contributed by atoms with Gasteiger partial charge in [0.05, 0.1) is 5.92 Å². The van der Waals surface area contributed by atoms with E-state index in [1.54, 1.807) is 0 Å². The van der Waals surface area contributed by atoms with Crippen molar-refractivity contribution in [2.75, 3.05) is 6.54 Å². The number of hydrogen-bond donors (Lipinski definition) is 0. The number of piperidine rings is 1. The summed E-state index contributed by atoms with van der Waals surface area (Å²) in [6.45, 7) is 0.979. The molecule has 2 fully saturated rings. The first-order valence-corrected chi connectivity index (χ1v) is 5.73. The Morgan fingerprint density at radius 1 is 1.13 bits per heavy atom. The van der Waals surface area contributed by atoms with Crippen LogP contribution in [0.4, 0.5) is 0 Å². The van der Waals surface area contributed by atoms with E-state index in [9.17, 15) is 4.79 Å². The van der Waals surface area contributed by atoms with Crippen molar-refractivity contribution < 1.29 is 4.79 Å². The van der Waals surface area contributed by atoms with Crippen molar-refractivity contribution in [3.8, 4) is 0 Å². The van der Waals surface area contributed by atoms with Crippen LogP contribution in [0.25, 0.3) is 0 Å². The van der Waals surface area contributed by atoms with Crippen molar-refractivity contribution in [2.45, 2.75) is 31.2 Å². The number of β-lactam (4-membered cyclic amide) rings is 1. The fourth-order valence-corrected chi connectivity index (χ4v) is 2.86. The summed E-state index contributed by atoms with van der Waals surface area (Å²) in [4.78, 5) is 14.0. The summed E-state index contributed by atoms with van der Waals surface area (Å²) in [7, 11) is 0. The van der Waals surface area contributed by atoms with Gasteiger partial charge < -0.3 is 4.90 Å². The Bertz CT molecular complexity index is 373. The number of benzene rings is 1. The summed E-state index contributed by atoms with van der Waals surface area (Å²) < 4.78 is 0. The number of carbonyl (C=O) groups excluding carboxylic acids is 1. The zero-order valence-electron chi connectivity index (χ0n) is 8.73. The third-order valence-electron chi connectivity index (χ3n) is 3.64. The topological polar surface area (TPSA) is 20.3 Å². The van der Waals surface area contributed by atoms with E-state index in [0.717, 1.165) is 6.54 Å². The SMILES string of the molecule is O=C1[C@@H](c2ccccc2)[C@H]2CCCCN12. The van der Waals surface area contributed by atoms with Gasteiger partial charge in [-0.25, -0.2) is 0 Å². The Hall–Kier alpha value is -1.31. The zero-order chi connectivity index (χ0) is 10.3. The lowest BCUT2D eigenvalue weighted by Crippen LogP contribution is -2.60. The molecule has 2 saturated heterocycles. The summed E-state index contributed by atoms with van der Waals surface area (Å²) in [5.41, 5.74) is 1.20. The van der Waals surface area contributed by atoms with Crippen molar-refractivity contribution in [1.29, 1.82) is 0 Å². The molecule has 2 atom stereocenters. The van der Waals surface area contributed by atoms with Crippen LogP contribution in [0.1, 0.15) is 30.7 Å². The first-order valence-electron chi connectivity index (χ1n) is 5.73. The molecular formula is C13H15NO. The quantitative estimate of drug-likeness (QED) is 0.638. The molecule has 0 spiro atoms. The van der Waals surface area contributed by atoms with Crippen molar-refractivity contribution in [3.63, 3.8) is 0 Å². The van der Waals surface area contributed by atoms with Gasteiger partial charge in [-0.3, -0.25) is 4.79 Å². The van der Waals surface area contributed by atoms with Crippen molar-refractivity contribution >= 4 is 5.91 Å². The standard InChI is InChI=1S/C13H15NO/c15-13-12(10-6-2-1-3-7-10)11-8-4-5-9-14(11)13/h1-3,6-7,11-12H,4-5,8-9H2/t11-,12+/m1/s1. The first kappa shape index (κ1) is 8.96. The maximum absolute atomic E-state index is 11.9. The van der Waals surface area contributed by atoms with Gasteiger partial charge in [-0.1, -0.05) is 30.3 Å². The number of rotatable bonds is 1. The Morgan fingerprint density at radius 2 is 1.93 bits per heavy atom. The molecule has 0 aromatic heterocycles. The summed E-state index contributed by atoms with van der Waals surface area (Å²) >= 11 is 0. The van der Waals surface area contributed by atoms with E-state index >= 15 is 0 Å². The second-order valence-corrected chi connectivity index (χ2v) is 4.48. The average molecular weight is 201 g/mol. The summed E-state index contributed by atoms with van der Waals surface area (Å²) in [5, 5.41) is 0. The third kappa shape index (κ3) is 1.28. The van der Waals surface area contributed by atoms with Crippen LogP contribution >= 0.6 is 0 Å². The number of amides is 1. The molecule has 15 heavy (non-hydrogen) atoms. The van der Waals surface area contributed by atoms with E-state index in [4.69, 9.17) is 0 Å². The average Bonchev–Trinajstić information content (AvgIpc) is 2.30. The molecule has 3 rings (SSSR count). The molecule has 2 heterocycles. The van der Waals surface area contributed by atoms with Gasteiger partial charge in [-0.15, -0.1) is 0 Å². The van der Waals surface area contributed by atoms with Crippen LogP contribution in [0, 0.1) is 0 Å². The van der Waals surface area contributed by atoms with Gasteiger partial charge in [0, 0.05) is 12.6 Å². The normalized spacial score (nSPS) is 29.6. The third-order valence-corrected chi connectivity index (χ3v) is 3.64. The molecule has 2 aliphatic rings. The molecule has 2 heteroatoms. The van der Waals surface area contributed by atoms with Crippen LogP contribution < -0.4 is 0 Å². The van der Waals surface area contributed by atoms with Gasteiger partial charge in [-0.05, 0) is 24.8 Å². The smallest absolute Gasteiger partial charge is 0.232 e. The molecule has 2 nitrogen and oxygen atoms in total. The lowest BCUT2D eigenvalue weighted by Gasteiger charge is -2.50. The molecule has 0 saturated carbocycles. The van der Waals surface area contributed by atoms with Crippen LogP contribution in [0.5, 0.6) is 0 Å². The minimum Gasteiger partial charge on any atom is -0.338 e. The fraction of sp³-hybridized carbons (Fsp3) is 0.462.